The van der Waals surface area contributed by atoms with Crippen molar-refractivity contribution >= 4 is 40.6 Å². The number of rotatable bonds is 5. The van der Waals surface area contributed by atoms with Crippen molar-refractivity contribution in [3.63, 3.8) is 0 Å². The van der Waals surface area contributed by atoms with Gasteiger partial charge in [-0.15, -0.1) is 5.10 Å². The molecule has 1 N–H and O–H groups in total. The number of aromatic nitrogens is 4. The predicted molar refractivity (Wildman–Crippen MR) is 80.9 cm³/mol. The summed E-state index contributed by atoms with van der Waals surface area (Å²) in [6, 6.07) is 3.84. The first-order chi connectivity index (χ1) is 10.4. The standard InChI is InChI=1S/C11H11ClN6O3S/c1-6(22-11-14-15-16-17(11)2)10(19)13-9-5-7(18(20)21)3-4-8(9)12/h3-6H,1-2H3,(H,13,19)/t6-/m0/s1. The molecular weight excluding hydrogens is 332 g/mol. The van der Waals surface area contributed by atoms with Gasteiger partial charge in [-0.05, 0) is 23.4 Å². The maximum Gasteiger partial charge on any atom is 0.271 e. The van der Waals surface area contributed by atoms with Crippen molar-refractivity contribution < 1.29 is 9.72 Å². The highest BCUT2D eigenvalue weighted by molar-refractivity contribution is 8.00. The van der Waals surface area contributed by atoms with Gasteiger partial charge in [-0.25, -0.2) is 4.68 Å². The SMILES string of the molecule is C[C@H](Sc1nnnn1C)C(=O)Nc1cc([N+](=O)[O-])ccc1Cl. The van der Waals surface area contributed by atoms with E-state index in [0.717, 1.165) is 11.8 Å². The third-order valence-electron chi connectivity index (χ3n) is 2.65. The fourth-order valence-corrected chi connectivity index (χ4v) is 2.41. The van der Waals surface area contributed by atoms with Gasteiger partial charge in [-0.2, -0.15) is 0 Å². The fourth-order valence-electron chi connectivity index (χ4n) is 1.49. The smallest absolute Gasteiger partial charge is 0.271 e. The van der Waals surface area contributed by atoms with Gasteiger partial charge in [0.25, 0.3) is 5.69 Å². The molecule has 0 saturated heterocycles. The van der Waals surface area contributed by atoms with Crippen molar-refractivity contribution in [1.29, 1.82) is 0 Å². The molecule has 11 heteroatoms. The topological polar surface area (TPSA) is 116 Å². The van der Waals surface area contributed by atoms with E-state index in [1.54, 1.807) is 14.0 Å². The molecule has 2 aromatic rings. The monoisotopic (exact) mass is 342 g/mol. The van der Waals surface area contributed by atoms with E-state index < -0.39 is 10.2 Å². The van der Waals surface area contributed by atoms with E-state index in [-0.39, 0.29) is 22.3 Å². The summed E-state index contributed by atoms with van der Waals surface area (Å²) >= 11 is 7.10. The van der Waals surface area contributed by atoms with E-state index in [4.69, 9.17) is 11.6 Å². The van der Waals surface area contributed by atoms with Crippen molar-refractivity contribution in [3.05, 3.63) is 33.3 Å². The third-order valence-corrected chi connectivity index (χ3v) is 4.11. The highest BCUT2D eigenvalue weighted by Crippen LogP contribution is 2.28. The molecule has 0 unspecified atom stereocenters. The first-order valence-electron chi connectivity index (χ1n) is 6.02. The van der Waals surface area contributed by atoms with Crippen LogP contribution in [0.4, 0.5) is 11.4 Å². The van der Waals surface area contributed by atoms with Crippen LogP contribution in [0.15, 0.2) is 23.4 Å². The molecule has 22 heavy (non-hydrogen) atoms. The number of carbonyl (C=O) groups excluding carboxylic acids is 1. The molecule has 0 aliphatic rings. The van der Waals surface area contributed by atoms with E-state index >= 15 is 0 Å². The van der Waals surface area contributed by atoms with Crippen LogP contribution >= 0.6 is 23.4 Å². The number of nitrogens with one attached hydrogen (secondary N) is 1. The first kappa shape index (κ1) is 16.2. The Hall–Kier alpha value is -2.20. The largest absolute Gasteiger partial charge is 0.324 e. The minimum atomic E-state index is -0.560. The molecule has 1 aromatic carbocycles. The molecule has 0 radical (unpaired) electrons. The quantitative estimate of drug-likeness (QED) is 0.501. The van der Waals surface area contributed by atoms with Crippen LogP contribution in [0.1, 0.15) is 6.92 Å². The minimum Gasteiger partial charge on any atom is -0.324 e. The van der Waals surface area contributed by atoms with Gasteiger partial charge in [0.1, 0.15) is 0 Å². The lowest BCUT2D eigenvalue weighted by Crippen LogP contribution is -2.23. The number of halogens is 1. The second kappa shape index (κ2) is 6.71. The van der Waals surface area contributed by atoms with Crippen LogP contribution in [0.2, 0.25) is 5.02 Å². The maximum atomic E-state index is 12.1. The molecule has 1 heterocycles. The van der Waals surface area contributed by atoms with E-state index in [9.17, 15) is 14.9 Å². The van der Waals surface area contributed by atoms with Gasteiger partial charge in [0.15, 0.2) is 0 Å². The number of nitro benzene ring substituents is 1. The summed E-state index contributed by atoms with van der Waals surface area (Å²) < 4.78 is 1.44. The number of carbonyl (C=O) groups is 1. The average Bonchev–Trinajstić information content (AvgIpc) is 2.86. The lowest BCUT2D eigenvalue weighted by molar-refractivity contribution is -0.384. The van der Waals surface area contributed by atoms with Gasteiger partial charge in [-0.1, -0.05) is 23.4 Å². The molecule has 0 aliphatic carbocycles. The van der Waals surface area contributed by atoms with Crippen LogP contribution < -0.4 is 5.32 Å². The summed E-state index contributed by atoms with van der Waals surface area (Å²) in [6.45, 7) is 1.67. The van der Waals surface area contributed by atoms with Crippen LogP contribution in [-0.2, 0) is 11.8 Å². The van der Waals surface area contributed by atoms with Crippen LogP contribution in [0.3, 0.4) is 0 Å². The molecule has 9 nitrogen and oxygen atoms in total. The van der Waals surface area contributed by atoms with Crippen molar-refractivity contribution in [2.24, 2.45) is 7.05 Å². The zero-order valence-corrected chi connectivity index (χ0v) is 13.1. The number of benzene rings is 1. The number of nitro groups is 1. The Morgan fingerprint density at radius 3 is 2.86 bits per heavy atom. The molecule has 1 amide bonds. The van der Waals surface area contributed by atoms with Gasteiger partial charge < -0.3 is 5.32 Å². The molecule has 0 aliphatic heterocycles. The summed E-state index contributed by atoms with van der Waals surface area (Å²) in [4.78, 5) is 22.3. The number of tetrazole rings is 1. The third kappa shape index (κ3) is 3.71. The van der Waals surface area contributed by atoms with E-state index in [1.807, 2.05) is 0 Å². The van der Waals surface area contributed by atoms with E-state index in [2.05, 4.69) is 20.8 Å². The van der Waals surface area contributed by atoms with Gasteiger partial charge in [0.05, 0.1) is 20.9 Å². The highest BCUT2D eigenvalue weighted by Gasteiger charge is 2.19. The number of anilines is 1. The van der Waals surface area contributed by atoms with Gasteiger partial charge in [-0.3, -0.25) is 14.9 Å². The molecule has 116 valence electrons. The van der Waals surface area contributed by atoms with E-state index in [0.29, 0.717) is 5.16 Å². The fraction of sp³-hybridized carbons (Fsp3) is 0.273. The summed E-state index contributed by atoms with van der Waals surface area (Å²) in [7, 11) is 1.66. The Bertz CT molecular complexity index is 722. The van der Waals surface area contributed by atoms with Crippen molar-refractivity contribution in [3.8, 4) is 0 Å². The number of hydrogen-bond donors (Lipinski definition) is 1. The average molecular weight is 343 g/mol. The van der Waals surface area contributed by atoms with Crippen molar-refractivity contribution in [2.45, 2.75) is 17.3 Å². The summed E-state index contributed by atoms with van der Waals surface area (Å²) in [5.41, 5.74) is 0.0296. The first-order valence-corrected chi connectivity index (χ1v) is 7.28. The number of hydrogen-bond acceptors (Lipinski definition) is 7. The number of non-ortho nitro benzene ring substituents is 1. The van der Waals surface area contributed by atoms with Crippen molar-refractivity contribution in [2.75, 3.05) is 5.32 Å². The molecule has 1 atom stereocenters. The van der Waals surface area contributed by atoms with Crippen molar-refractivity contribution in [1.82, 2.24) is 20.2 Å². The number of aryl methyl sites for hydroxylation is 1. The highest BCUT2D eigenvalue weighted by atomic mass is 35.5. The van der Waals surface area contributed by atoms with E-state index in [1.165, 1.54) is 22.9 Å². The number of amides is 1. The van der Waals surface area contributed by atoms with Gasteiger partial charge in [0, 0.05) is 19.2 Å². The molecule has 2 rings (SSSR count). The summed E-state index contributed by atoms with van der Waals surface area (Å²) in [5, 5.41) is 24.4. The second-order valence-electron chi connectivity index (χ2n) is 4.26. The number of nitrogens with zero attached hydrogens (tertiary/aromatic N) is 5. The zero-order chi connectivity index (χ0) is 16.3. The van der Waals surface area contributed by atoms with Crippen LogP contribution in [0.5, 0.6) is 0 Å². The van der Waals surface area contributed by atoms with Gasteiger partial charge in [0.2, 0.25) is 11.1 Å². The van der Waals surface area contributed by atoms with Crippen LogP contribution in [0.25, 0.3) is 0 Å². The second-order valence-corrected chi connectivity index (χ2v) is 5.97. The van der Waals surface area contributed by atoms with Gasteiger partial charge >= 0.3 is 0 Å². The molecule has 0 spiro atoms. The molecular formula is C11H11ClN6O3S. The maximum absolute atomic E-state index is 12.1. The zero-order valence-electron chi connectivity index (χ0n) is 11.6. The number of thioether (sulfide) groups is 1. The Labute approximate surface area is 134 Å². The predicted octanol–water partition coefficient (Wildman–Crippen LogP) is 1.89. The molecule has 0 saturated carbocycles. The molecule has 0 bridgehead atoms. The Kier molecular flexibility index (Phi) is 4.93. The summed E-state index contributed by atoms with van der Waals surface area (Å²) in [6.07, 6.45) is 0. The molecule has 0 fully saturated rings. The lowest BCUT2D eigenvalue weighted by Gasteiger charge is -2.11. The normalized spacial score (nSPS) is 12.0. The Morgan fingerprint density at radius 1 is 1.55 bits per heavy atom. The Balaban J connectivity index is 2.09. The molecule has 1 aromatic heterocycles. The minimum absolute atomic E-state index is 0.155. The summed E-state index contributed by atoms with van der Waals surface area (Å²) in [5.74, 6) is -0.365. The van der Waals surface area contributed by atoms with Crippen LogP contribution in [-0.4, -0.2) is 36.3 Å². The Morgan fingerprint density at radius 2 is 2.27 bits per heavy atom. The van der Waals surface area contributed by atoms with Crippen LogP contribution in [0, 0.1) is 10.1 Å². The lowest BCUT2D eigenvalue weighted by atomic mass is 10.2.